The number of nitrogens with one attached hydrogen (secondary N) is 2. The lowest BCUT2D eigenvalue weighted by Crippen LogP contribution is -2.71. The molecule has 0 spiro atoms. The van der Waals surface area contributed by atoms with E-state index in [0.29, 0.717) is 4.88 Å². The predicted octanol–water partition coefficient (Wildman–Crippen LogP) is 6.35. The Morgan fingerprint density at radius 2 is 1.33 bits per heavy atom. The lowest BCUT2D eigenvalue weighted by atomic mass is 10.0. The fourth-order valence-electron chi connectivity index (χ4n) is 6.32. The van der Waals surface area contributed by atoms with Crippen molar-refractivity contribution in [2.75, 3.05) is 0 Å². The summed E-state index contributed by atoms with van der Waals surface area (Å²) in [6.07, 6.45) is -1.36. The van der Waals surface area contributed by atoms with E-state index < -0.39 is 58.1 Å². The van der Waals surface area contributed by atoms with Crippen LogP contribution in [0.1, 0.15) is 58.2 Å². The normalized spacial score (nSPS) is 16.2. The van der Waals surface area contributed by atoms with Crippen LogP contribution in [0, 0.1) is 0 Å². The van der Waals surface area contributed by atoms with Crippen molar-refractivity contribution in [1.82, 2.24) is 14.6 Å². The maximum Gasteiger partial charge on any atom is 0.362 e. The monoisotopic (exact) mass is 804 g/mol. The van der Waals surface area contributed by atoms with Crippen LogP contribution in [0.5, 0.6) is 5.75 Å². The highest BCUT2D eigenvalue weighted by Crippen LogP contribution is 2.34. The Morgan fingerprint density at radius 3 is 1.79 bits per heavy atom. The number of ether oxygens (including phenoxy) is 2. The third-order valence-electron chi connectivity index (χ3n) is 9.15. The Hall–Kier alpha value is -6.39. The molecule has 7 rings (SSSR count). The zero-order valence-electron chi connectivity index (χ0n) is 30.2. The Morgan fingerprint density at radius 1 is 0.807 bits per heavy atom. The van der Waals surface area contributed by atoms with Crippen molar-refractivity contribution >= 4 is 39.2 Å². The summed E-state index contributed by atoms with van der Waals surface area (Å²) in [5.74, 6) is -1.84. The number of aromatic nitrogens is 1. The number of H-pyrrole nitrogens is 1. The van der Waals surface area contributed by atoms with Gasteiger partial charge in [-0.25, -0.2) is 4.31 Å². The minimum atomic E-state index is -4.82. The first kappa shape index (κ1) is 38.9. The Kier molecular flexibility index (Phi) is 11.7. The summed E-state index contributed by atoms with van der Waals surface area (Å²) in [6.45, 7) is 1.36. The standard InChI is InChI=1S/C42H36N4O9S2/c1-27-36(41(49)46(27)57(50,51)52)44-40(48)37(35-23-14-24-56-35)45-55-42(54-39(30-19-10-4-11-20-30)31-21-12-5-13-22-31)32-25-33(47)34(26-43-32)53-38(28-15-6-2-7-16-28)29-17-8-3-9-18-29/h2-27,36,38-39,42H,1H3,(H,43,47)(H,44,48)(H,50,51,52)/t27-,36-,42?/m0/s1. The van der Waals surface area contributed by atoms with Crippen molar-refractivity contribution in [2.24, 2.45) is 5.16 Å². The molecule has 3 heterocycles. The minimum absolute atomic E-state index is 0.0262. The van der Waals surface area contributed by atoms with Gasteiger partial charge in [0.05, 0.1) is 16.6 Å². The Balaban J connectivity index is 1.24. The molecule has 57 heavy (non-hydrogen) atoms. The fourth-order valence-corrected chi connectivity index (χ4v) is 7.91. The number of carbonyl (C=O) groups is 2. The Labute approximate surface area is 332 Å². The molecule has 1 unspecified atom stereocenters. The SMILES string of the molecule is C[C@H]1[C@H](NC(=O)C(=NOC(OC(c2ccccc2)c2ccccc2)c2cc(=O)c(OC(c3ccccc3)c3ccccc3)c[nH]2)c2cccs2)C(=O)N1S(=O)(=O)O. The van der Waals surface area contributed by atoms with Crippen LogP contribution < -0.4 is 15.5 Å². The third kappa shape index (κ3) is 8.87. The van der Waals surface area contributed by atoms with Crippen LogP contribution >= 0.6 is 11.3 Å². The summed E-state index contributed by atoms with van der Waals surface area (Å²) in [5.41, 5.74) is 2.58. The molecule has 290 valence electrons. The number of amides is 2. The molecule has 1 saturated heterocycles. The van der Waals surface area contributed by atoms with Gasteiger partial charge >= 0.3 is 10.3 Å². The number of oxime groups is 1. The maximum absolute atomic E-state index is 13.9. The van der Waals surface area contributed by atoms with Crippen LogP contribution in [-0.4, -0.2) is 51.9 Å². The topological polar surface area (TPSA) is 177 Å². The van der Waals surface area contributed by atoms with Crippen LogP contribution in [-0.2, 0) is 29.5 Å². The number of rotatable bonds is 15. The van der Waals surface area contributed by atoms with Gasteiger partial charge in [0.25, 0.3) is 18.1 Å². The second kappa shape index (κ2) is 17.2. The smallest absolute Gasteiger partial charge is 0.362 e. The fraction of sp³-hybridized carbons (Fsp3) is 0.143. The first-order valence-corrected chi connectivity index (χ1v) is 20.0. The van der Waals surface area contributed by atoms with Crippen LogP contribution in [0.15, 0.2) is 161 Å². The molecule has 3 atom stereocenters. The number of nitrogens with zero attached hydrogens (tertiary/aromatic N) is 2. The van der Waals surface area contributed by atoms with Crippen molar-refractivity contribution < 1.29 is 36.9 Å². The molecular weight excluding hydrogens is 769 g/mol. The molecule has 3 N–H and O–H groups in total. The van der Waals surface area contributed by atoms with Gasteiger partial charge in [-0.1, -0.05) is 133 Å². The summed E-state index contributed by atoms with van der Waals surface area (Å²) < 4.78 is 46.1. The van der Waals surface area contributed by atoms with Crippen LogP contribution in [0.3, 0.4) is 0 Å². The number of pyridine rings is 1. The zero-order valence-corrected chi connectivity index (χ0v) is 31.9. The molecule has 0 saturated carbocycles. The van der Waals surface area contributed by atoms with Crippen LogP contribution in [0.2, 0.25) is 0 Å². The van der Waals surface area contributed by atoms with E-state index in [9.17, 15) is 27.4 Å². The molecule has 1 aliphatic rings. The molecule has 4 aromatic carbocycles. The lowest BCUT2D eigenvalue weighted by Gasteiger charge is -2.42. The second-order valence-corrected chi connectivity index (χ2v) is 15.2. The largest absolute Gasteiger partial charge is 0.475 e. The highest BCUT2D eigenvalue weighted by atomic mass is 32.2. The molecule has 0 bridgehead atoms. The van der Waals surface area contributed by atoms with Crippen molar-refractivity contribution in [3.8, 4) is 5.75 Å². The number of β-lactam (4-membered cyclic amide) rings is 1. The van der Waals surface area contributed by atoms with Crippen molar-refractivity contribution in [2.45, 2.75) is 37.5 Å². The maximum atomic E-state index is 13.9. The van der Waals surface area contributed by atoms with E-state index in [1.165, 1.54) is 19.2 Å². The molecular formula is C42H36N4O9S2. The van der Waals surface area contributed by atoms with Crippen molar-refractivity contribution in [1.29, 1.82) is 0 Å². The van der Waals surface area contributed by atoms with E-state index in [2.05, 4.69) is 15.5 Å². The number of thiophene rings is 1. The van der Waals surface area contributed by atoms with Gasteiger partial charge in [0, 0.05) is 12.3 Å². The van der Waals surface area contributed by atoms with Gasteiger partial charge < -0.3 is 24.6 Å². The highest BCUT2D eigenvalue weighted by Gasteiger charge is 2.51. The van der Waals surface area contributed by atoms with Gasteiger partial charge in [-0.2, -0.15) is 8.42 Å². The zero-order chi connectivity index (χ0) is 39.9. The van der Waals surface area contributed by atoms with Gasteiger partial charge in [0.2, 0.25) is 5.43 Å². The molecule has 2 aromatic heterocycles. The first-order valence-electron chi connectivity index (χ1n) is 17.7. The number of carbonyl (C=O) groups excluding carboxylic acids is 2. The van der Waals surface area contributed by atoms with Crippen molar-refractivity contribution in [3.63, 3.8) is 0 Å². The molecule has 0 aliphatic carbocycles. The first-order chi connectivity index (χ1) is 27.6. The number of benzene rings is 4. The van der Waals surface area contributed by atoms with E-state index >= 15 is 0 Å². The molecule has 15 heteroatoms. The summed E-state index contributed by atoms with van der Waals surface area (Å²) >= 11 is 1.16. The summed E-state index contributed by atoms with van der Waals surface area (Å²) in [4.78, 5) is 49.7. The van der Waals surface area contributed by atoms with E-state index in [1.807, 2.05) is 121 Å². The van der Waals surface area contributed by atoms with E-state index in [1.54, 1.807) is 17.5 Å². The minimum Gasteiger partial charge on any atom is -0.475 e. The summed E-state index contributed by atoms with van der Waals surface area (Å²) in [6, 6.07) is 39.9. The quantitative estimate of drug-likeness (QED) is 0.0351. The van der Waals surface area contributed by atoms with Gasteiger partial charge in [0.15, 0.2) is 11.5 Å². The lowest BCUT2D eigenvalue weighted by molar-refractivity contribution is -0.170. The average molecular weight is 805 g/mol. The Bertz CT molecular complexity index is 2420. The number of hydrogen-bond donors (Lipinski definition) is 3. The van der Waals surface area contributed by atoms with Gasteiger partial charge in [-0.3, -0.25) is 18.9 Å². The van der Waals surface area contributed by atoms with Crippen LogP contribution in [0.4, 0.5) is 0 Å². The van der Waals surface area contributed by atoms with Gasteiger partial charge in [-0.15, -0.1) is 11.3 Å². The third-order valence-corrected chi connectivity index (χ3v) is 11.0. The molecule has 0 radical (unpaired) electrons. The highest BCUT2D eigenvalue weighted by molar-refractivity contribution is 7.84. The molecule has 6 aromatic rings. The summed E-state index contributed by atoms with van der Waals surface area (Å²) in [5, 5.41) is 8.44. The second-order valence-electron chi connectivity index (χ2n) is 12.9. The number of hydrogen-bond acceptors (Lipinski definition) is 10. The van der Waals surface area contributed by atoms with E-state index in [0.717, 1.165) is 33.6 Å². The van der Waals surface area contributed by atoms with E-state index in [4.69, 9.17) is 14.3 Å². The van der Waals surface area contributed by atoms with Crippen molar-refractivity contribution in [3.05, 3.63) is 194 Å². The molecule has 1 fully saturated rings. The number of aromatic amines is 1. The summed E-state index contributed by atoms with van der Waals surface area (Å²) in [7, 11) is -4.82. The van der Waals surface area contributed by atoms with Gasteiger partial charge in [-0.05, 0) is 40.6 Å². The van der Waals surface area contributed by atoms with Gasteiger partial charge in [0.1, 0.15) is 18.2 Å². The van der Waals surface area contributed by atoms with E-state index in [-0.39, 0.29) is 21.5 Å². The molecule has 13 nitrogen and oxygen atoms in total. The van der Waals surface area contributed by atoms with Crippen LogP contribution in [0.25, 0.3) is 0 Å². The average Bonchev–Trinajstić information content (AvgIpc) is 3.76. The molecule has 2 amide bonds. The predicted molar refractivity (Wildman–Crippen MR) is 213 cm³/mol. The molecule has 1 aliphatic heterocycles.